The summed E-state index contributed by atoms with van der Waals surface area (Å²) < 4.78 is 12.9. The summed E-state index contributed by atoms with van der Waals surface area (Å²) in [6, 6.07) is 5.69. The van der Waals surface area contributed by atoms with Gasteiger partial charge in [0.1, 0.15) is 5.82 Å². The van der Waals surface area contributed by atoms with E-state index < -0.39 is 0 Å². The molecule has 1 aliphatic rings. The summed E-state index contributed by atoms with van der Waals surface area (Å²) in [5.41, 5.74) is 0.462. The predicted molar refractivity (Wildman–Crippen MR) is 69.0 cm³/mol. The molecule has 5 heteroatoms. The molecule has 2 atom stereocenters. The molecule has 0 spiro atoms. The summed E-state index contributed by atoms with van der Waals surface area (Å²) in [7, 11) is 0. The molecule has 0 radical (unpaired) electrons. The molecule has 1 aliphatic heterocycles. The van der Waals surface area contributed by atoms with Gasteiger partial charge in [-0.15, -0.1) is 0 Å². The average molecular weight is 251 g/mol. The lowest BCUT2D eigenvalue weighted by Gasteiger charge is -2.28. The molecule has 0 aliphatic carbocycles. The van der Waals surface area contributed by atoms with Crippen molar-refractivity contribution in [1.29, 1.82) is 0 Å². The average Bonchev–Trinajstić information content (AvgIpc) is 2.28. The van der Waals surface area contributed by atoms with Crippen LogP contribution in [-0.4, -0.2) is 25.2 Å². The van der Waals surface area contributed by atoms with Crippen molar-refractivity contribution in [3.05, 3.63) is 30.1 Å². The van der Waals surface area contributed by atoms with Gasteiger partial charge < -0.3 is 16.0 Å². The maximum absolute atomic E-state index is 12.9. The lowest BCUT2D eigenvalue weighted by Crippen LogP contribution is -2.49. The molecule has 1 heterocycles. The summed E-state index contributed by atoms with van der Waals surface area (Å²) in [6.07, 6.45) is 0.962. The highest BCUT2D eigenvalue weighted by Gasteiger charge is 2.19. The third kappa shape index (κ3) is 3.70. The van der Waals surface area contributed by atoms with Gasteiger partial charge in [0, 0.05) is 18.3 Å². The topological polar surface area (TPSA) is 53.2 Å². The van der Waals surface area contributed by atoms with Gasteiger partial charge in [-0.25, -0.2) is 9.18 Å². The number of carbonyl (C=O) groups is 1. The Bertz CT molecular complexity index is 424. The highest BCUT2D eigenvalue weighted by atomic mass is 19.1. The molecule has 2 unspecified atom stereocenters. The molecular formula is C13H18FN3O. The Morgan fingerprint density at radius 1 is 1.44 bits per heavy atom. The normalized spacial score (nSPS) is 23.4. The number of carbonyl (C=O) groups excluding carboxylic acids is 1. The van der Waals surface area contributed by atoms with Crippen LogP contribution in [0.25, 0.3) is 0 Å². The fourth-order valence-corrected chi connectivity index (χ4v) is 2.19. The molecule has 1 aromatic rings. The van der Waals surface area contributed by atoms with Crippen LogP contribution in [0.4, 0.5) is 14.9 Å². The predicted octanol–water partition coefficient (Wildman–Crippen LogP) is 1.95. The van der Waals surface area contributed by atoms with Crippen LogP contribution in [0, 0.1) is 11.7 Å². The number of urea groups is 1. The van der Waals surface area contributed by atoms with Crippen LogP contribution >= 0.6 is 0 Å². The highest BCUT2D eigenvalue weighted by molar-refractivity contribution is 5.89. The molecule has 4 nitrogen and oxygen atoms in total. The zero-order valence-electron chi connectivity index (χ0n) is 10.4. The first-order valence-corrected chi connectivity index (χ1v) is 6.17. The molecular weight excluding hydrogens is 233 g/mol. The Morgan fingerprint density at radius 3 is 3.00 bits per heavy atom. The van der Waals surface area contributed by atoms with Gasteiger partial charge in [0.05, 0.1) is 0 Å². The second kappa shape index (κ2) is 5.82. The van der Waals surface area contributed by atoms with Crippen molar-refractivity contribution >= 4 is 11.7 Å². The first kappa shape index (κ1) is 12.8. The zero-order chi connectivity index (χ0) is 13.0. The number of rotatable bonds is 2. The van der Waals surface area contributed by atoms with Crippen molar-refractivity contribution in [2.75, 3.05) is 18.4 Å². The molecule has 1 aromatic carbocycles. The van der Waals surface area contributed by atoms with E-state index in [-0.39, 0.29) is 17.9 Å². The van der Waals surface area contributed by atoms with Crippen LogP contribution in [0.1, 0.15) is 13.3 Å². The van der Waals surface area contributed by atoms with Crippen molar-refractivity contribution in [2.24, 2.45) is 5.92 Å². The van der Waals surface area contributed by atoms with Crippen LogP contribution in [0.5, 0.6) is 0 Å². The second-order valence-electron chi connectivity index (χ2n) is 4.80. The maximum atomic E-state index is 12.9. The van der Waals surface area contributed by atoms with Gasteiger partial charge in [-0.3, -0.25) is 0 Å². The molecule has 0 aromatic heterocycles. The Labute approximate surface area is 106 Å². The minimum atomic E-state index is -0.360. The van der Waals surface area contributed by atoms with E-state index in [0.29, 0.717) is 11.6 Å². The number of hydrogen-bond acceptors (Lipinski definition) is 2. The number of anilines is 1. The number of nitrogens with one attached hydrogen (secondary N) is 3. The van der Waals surface area contributed by atoms with Gasteiger partial charge in [-0.1, -0.05) is 13.0 Å². The Kier molecular flexibility index (Phi) is 4.15. The lowest BCUT2D eigenvalue weighted by molar-refractivity contribution is 0.241. The zero-order valence-corrected chi connectivity index (χ0v) is 10.4. The Balaban J connectivity index is 1.85. The number of benzene rings is 1. The molecule has 98 valence electrons. The largest absolute Gasteiger partial charge is 0.334 e. The van der Waals surface area contributed by atoms with E-state index in [9.17, 15) is 9.18 Å². The highest BCUT2D eigenvalue weighted by Crippen LogP contribution is 2.11. The van der Waals surface area contributed by atoms with Gasteiger partial charge in [0.25, 0.3) is 0 Å². The first-order chi connectivity index (χ1) is 8.63. The van der Waals surface area contributed by atoms with Gasteiger partial charge in [0.15, 0.2) is 0 Å². The number of halogens is 1. The summed E-state index contributed by atoms with van der Waals surface area (Å²) >= 11 is 0. The number of amides is 2. The van der Waals surface area contributed by atoms with Crippen molar-refractivity contribution < 1.29 is 9.18 Å². The molecule has 18 heavy (non-hydrogen) atoms. The van der Waals surface area contributed by atoms with E-state index in [1.165, 1.54) is 12.1 Å². The molecule has 2 amide bonds. The summed E-state index contributed by atoms with van der Waals surface area (Å²) in [5, 5.41) is 8.77. The van der Waals surface area contributed by atoms with E-state index in [1.54, 1.807) is 12.1 Å². The molecule has 0 saturated carbocycles. The maximum Gasteiger partial charge on any atom is 0.319 e. The SMILES string of the molecule is CC1CNCC(NC(=O)Nc2cccc(F)c2)C1. The van der Waals surface area contributed by atoms with Crippen molar-refractivity contribution in [3.63, 3.8) is 0 Å². The van der Waals surface area contributed by atoms with E-state index in [1.807, 2.05) is 0 Å². The van der Waals surface area contributed by atoms with Crippen molar-refractivity contribution in [2.45, 2.75) is 19.4 Å². The van der Waals surface area contributed by atoms with Gasteiger partial charge in [0.2, 0.25) is 0 Å². The molecule has 0 bridgehead atoms. The van der Waals surface area contributed by atoms with Gasteiger partial charge in [-0.05, 0) is 37.1 Å². The fraction of sp³-hybridized carbons (Fsp3) is 0.462. The van der Waals surface area contributed by atoms with Crippen LogP contribution in [0.15, 0.2) is 24.3 Å². The fourth-order valence-electron chi connectivity index (χ4n) is 2.19. The minimum Gasteiger partial charge on any atom is -0.334 e. The number of hydrogen-bond donors (Lipinski definition) is 3. The van der Waals surface area contributed by atoms with Gasteiger partial charge in [-0.2, -0.15) is 0 Å². The van der Waals surface area contributed by atoms with Crippen LogP contribution in [0.3, 0.4) is 0 Å². The Morgan fingerprint density at radius 2 is 2.28 bits per heavy atom. The van der Waals surface area contributed by atoms with Crippen LogP contribution in [-0.2, 0) is 0 Å². The smallest absolute Gasteiger partial charge is 0.319 e. The quantitative estimate of drug-likeness (QED) is 0.752. The molecule has 1 saturated heterocycles. The third-order valence-electron chi connectivity index (χ3n) is 2.99. The monoisotopic (exact) mass is 251 g/mol. The Hall–Kier alpha value is -1.62. The molecule has 2 rings (SSSR count). The minimum absolute atomic E-state index is 0.127. The second-order valence-corrected chi connectivity index (χ2v) is 4.80. The summed E-state index contributed by atoms with van der Waals surface area (Å²) in [5.74, 6) is 0.193. The molecule has 1 fully saturated rings. The van der Waals surface area contributed by atoms with Crippen molar-refractivity contribution in [1.82, 2.24) is 10.6 Å². The van der Waals surface area contributed by atoms with Crippen LogP contribution < -0.4 is 16.0 Å². The first-order valence-electron chi connectivity index (χ1n) is 6.17. The van der Waals surface area contributed by atoms with E-state index in [2.05, 4.69) is 22.9 Å². The number of piperidine rings is 1. The lowest BCUT2D eigenvalue weighted by atomic mass is 9.98. The van der Waals surface area contributed by atoms with E-state index in [0.717, 1.165) is 19.5 Å². The van der Waals surface area contributed by atoms with E-state index in [4.69, 9.17) is 0 Å². The summed E-state index contributed by atoms with van der Waals surface area (Å²) in [6.45, 7) is 3.91. The van der Waals surface area contributed by atoms with Crippen LogP contribution in [0.2, 0.25) is 0 Å². The van der Waals surface area contributed by atoms with Crippen molar-refractivity contribution in [3.8, 4) is 0 Å². The standard InChI is InChI=1S/C13H18FN3O/c1-9-5-12(8-15-7-9)17-13(18)16-11-4-2-3-10(14)6-11/h2-4,6,9,12,15H,5,7-8H2,1H3,(H2,16,17,18). The molecule has 3 N–H and O–H groups in total. The van der Waals surface area contributed by atoms with Gasteiger partial charge >= 0.3 is 6.03 Å². The third-order valence-corrected chi connectivity index (χ3v) is 2.99. The van der Waals surface area contributed by atoms with E-state index >= 15 is 0 Å². The summed E-state index contributed by atoms with van der Waals surface area (Å²) in [4.78, 5) is 11.7.